The van der Waals surface area contributed by atoms with Gasteiger partial charge in [-0.25, -0.2) is 0 Å². The molecule has 2 amide bonds. The van der Waals surface area contributed by atoms with Gasteiger partial charge in [0.15, 0.2) is 0 Å². The summed E-state index contributed by atoms with van der Waals surface area (Å²) in [5, 5.41) is 3.31. The summed E-state index contributed by atoms with van der Waals surface area (Å²) in [6.45, 7) is 6.11. The zero-order chi connectivity index (χ0) is 12.1. The molecule has 1 fully saturated rings. The van der Waals surface area contributed by atoms with Crippen LogP contribution in [-0.2, 0) is 9.59 Å². The van der Waals surface area contributed by atoms with E-state index in [2.05, 4.69) is 12.2 Å². The summed E-state index contributed by atoms with van der Waals surface area (Å²) in [5.41, 5.74) is 0. The Kier molecular flexibility index (Phi) is 4.73. The van der Waals surface area contributed by atoms with Crippen molar-refractivity contribution in [3.05, 3.63) is 0 Å². The normalized spacial score (nSPS) is 19.2. The average Bonchev–Trinajstić information content (AvgIpc) is 2.23. The number of nitrogens with one attached hydrogen (secondary N) is 1. The Hall–Kier alpha value is -1.10. The van der Waals surface area contributed by atoms with Crippen LogP contribution in [0.25, 0.3) is 0 Å². The second-order valence-electron chi connectivity index (χ2n) is 4.38. The Morgan fingerprint density at radius 2 is 2.00 bits per heavy atom. The van der Waals surface area contributed by atoms with E-state index in [-0.39, 0.29) is 30.9 Å². The third-order valence-electron chi connectivity index (χ3n) is 2.71. The molecule has 0 spiro atoms. The second-order valence-corrected chi connectivity index (χ2v) is 4.38. The minimum atomic E-state index is 0.0160. The standard InChI is InChI=1S/C11H21N3O2/c1-4-5-12-9(2)6-14-8-10(15)13(3)7-11(14)16/h9,12H,4-8H2,1-3H3. The number of hydrogen-bond acceptors (Lipinski definition) is 3. The molecule has 1 saturated heterocycles. The maximum absolute atomic E-state index is 11.7. The third kappa shape index (κ3) is 3.48. The molecule has 1 aliphatic heterocycles. The number of hydrogen-bond donors (Lipinski definition) is 1. The van der Waals surface area contributed by atoms with Crippen LogP contribution in [0.1, 0.15) is 20.3 Å². The monoisotopic (exact) mass is 227 g/mol. The molecule has 0 bridgehead atoms. The number of amides is 2. The van der Waals surface area contributed by atoms with Crippen LogP contribution in [0.4, 0.5) is 0 Å². The molecule has 0 aromatic heterocycles. The van der Waals surface area contributed by atoms with Gasteiger partial charge in [-0.15, -0.1) is 0 Å². The van der Waals surface area contributed by atoms with E-state index in [9.17, 15) is 9.59 Å². The van der Waals surface area contributed by atoms with Crippen molar-refractivity contribution in [2.45, 2.75) is 26.3 Å². The minimum Gasteiger partial charge on any atom is -0.335 e. The number of likely N-dealkylation sites (N-methyl/N-ethyl adjacent to an activating group) is 1. The lowest BCUT2D eigenvalue weighted by Crippen LogP contribution is -2.55. The molecule has 0 radical (unpaired) electrons. The lowest BCUT2D eigenvalue weighted by molar-refractivity contribution is -0.149. The summed E-state index contributed by atoms with van der Waals surface area (Å²) in [4.78, 5) is 26.2. The smallest absolute Gasteiger partial charge is 0.242 e. The fourth-order valence-corrected chi connectivity index (χ4v) is 1.72. The Morgan fingerprint density at radius 1 is 1.31 bits per heavy atom. The van der Waals surface area contributed by atoms with Gasteiger partial charge in [0.1, 0.15) is 0 Å². The van der Waals surface area contributed by atoms with Crippen LogP contribution in [0.2, 0.25) is 0 Å². The van der Waals surface area contributed by atoms with Crippen molar-refractivity contribution in [3.8, 4) is 0 Å². The molecular weight excluding hydrogens is 206 g/mol. The average molecular weight is 227 g/mol. The van der Waals surface area contributed by atoms with Crippen molar-refractivity contribution in [2.24, 2.45) is 0 Å². The van der Waals surface area contributed by atoms with Crippen LogP contribution in [0.5, 0.6) is 0 Å². The van der Waals surface area contributed by atoms with E-state index in [1.165, 1.54) is 4.90 Å². The van der Waals surface area contributed by atoms with E-state index >= 15 is 0 Å². The van der Waals surface area contributed by atoms with Gasteiger partial charge >= 0.3 is 0 Å². The highest BCUT2D eigenvalue weighted by molar-refractivity contribution is 5.92. The summed E-state index contributed by atoms with van der Waals surface area (Å²) in [7, 11) is 1.66. The van der Waals surface area contributed by atoms with E-state index in [0.717, 1.165) is 13.0 Å². The van der Waals surface area contributed by atoms with E-state index in [4.69, 9.17) is 0 Å². The number of nitrogens with zero attached hydrogens (tertiary/aromatic N) is 2. The van der Waals surface area contributed by atoms with Crippen molar-refractivity contribution in [1.29, 1.82) is 0 Å². The van der Waals surface area contributed by atoms with Crippen molar-refractivity contribution < 1.29 is 9.59 Å². The van der Waals surface area contributed by atoms with E-state index < -0.39 is 0 Å². The molecule has 0 aromatic carbocycles. The van der Waals surface area contributed by atoms with Crippen LogP contribution in [0.3, 0.4) is 0 Å². The third-order valence-corrected chi connectivity index (χ3v) is 2.71. The van der Waals surface area contributed by atoms with Crippen molar-refractivity contribution in [1.82, 2.24) is 15.1 Å². The summed E-state index contributed by atoms with van der Waals surface area (Å²) in [5.74, 6) is 0.0505. The fourth-order valence-electron chi connectivity index (χ4n) is 1.72. The van der Waals surface area contributed by atoms with Crippen LogP contribution >= 0.6 is 0 Å². The number of rotatable bonds is 5. The van der Waals surface area contributed by atoms with E-state index in [0.29, 0.717) is 6.54 Å². The molecule has 0 saturated carbocycles. The first-order valence-electron chi connectivity index (χ1n) is 5.79. The van der Waals surface area contributed by atoms with Crippen LogP contribution in [0.15, 0.2) is 0 Å². The first kappa shape index (κ1) is 13.0. The van der Waals surface area contributed by atoms with Crippen LogP contribution in [-0.4, -0.2) is 60.9 Å². The maximum atomic E-state index is 11.7. The lowest BCUT2D eigenvalue weighted by Gasteiger charge is -2.33. The first-order valence-corrected chi connectivity index (χ1v) is 5.79. The molecule has 0 aromatic rings. The van der Waals surface area contributed by atoms with Crippen molar-refractivity contribution >= 4 is 11.8 Å². The van der Waals surface area contributed by atoms with Gasteiger partial charge in [-0.1, -0.05) is 6.92 Å². The molecule has 16 heavy (non-hydrogen) atoms. The lowest BCUT2D eigenvalue weighted by atomic mass is 10.2. The van der Waals surface area contributed by atoms with Gasteiger partial charge in [-0.2, -0.15) is 0 Å². The first-order chi connectivity index (χ1) is 7.54. The van der Waals surface area contributed by atoms with Crippen LogP contribution in [0, 0.1) is 0 Å². The summed E-state index contributed by atoms with van der Waals surface area (Å²) in [6, 6.07) is 0.236. The summed E-state index contributed by atoms with van der Waals surface area (Å²) in [6.07, 6.45) is 1.07. The Labute approximate surface area is 96.8 Å². The van der Waals surface area contributed by atoms with Gasteiger partial charge < -0.3 is 15.1 Å². The predicted octanol–water partition coefficient (Wildman–Crippen LogP) is -0.325. The molecule has 5 heteroatoms. The highest BCUT2D eigenvalue weighted by Gasteiger charge is 2.27. The zero-order valence-electron chi connectivity index (χ0n) is 10.3. The SMILES string of the molecule is CCCNC(C)CN1CC(=O)N(C)CC1=O. The Morgan fingerprint density at radius 3 is 2.62 bits per heavy atom. The number of piperazine rings is 1. The fraction of sp³-hybridized carbons (Fsp3) is 0.818. The van der Waals surface area contributed by atoms with Gasteiger partial charge in [-0.05, 0) is 19.9 Å². The van der Waals surface area contributed by atoms with Crippen molar-refractivity contribution in [3.63, 3.8) is 0 Å². The summed E-state index contributed by atoms with van der Waals surface area (Å²) >= 11 is 0. The van der Waals surface area contributed by atoms with Gasteiger partial charge in [-0.3, -0.25) is 9.59 Å². The maximum Gasteiger partial charge on any atom is 0.242 e. The van der Waals surface area contributed by atoms with Gasteiger partial charge in [0.05, 0.1) is 13.1 Å². The molecule has 1 atom stereocenters. The van der Waals surface area contributed by atoms with Crippen LogP contribution < -0.4 is 5.32 Å². The van der Waals surface area contributed by atoms with Crippen molar-refractivity contribution in [2.75, 3.05) is 33.2 Å². The topological polar surface area (TPSA) is 52.7 Å². The largest absolute Gasteiger partial charge is 0.335 e. The number of carbonyl (C=O) groups excluding carboxylic acids is 2. The molecule has 1 unspecified atom stereocenters. The summed E-state index contributed by atoms with van der Waals surface area (Å²) < 4.78 is 0. The Bertz CT molecular complexity index is 268. The second kappa shape index (κ2) is 5.84. The molecular formula is C11H21N3O2. The number of carbonyl (C=O) groups is 2. The molecule has 0 aliphatic carbocycles. The Balaban J connectivity index is 2.41. The van der Waals surface area contributed by atoms with Gasteiger partial charge in [0.2, 0.25) is 11.8 Å². The molecule has 5 nitrogen and oxygen atoms in total. The molecule has 1 heterocycles. The van der Waals surface area contributed by atoms with Gasteiger partial charge in [0, 0.05) is 19.6 Å². The quantitative estimate of drug-likeness (QED) is 0.700. The highest BCUT2D eigenvalue weighted by atomic mass is 16.2. The van der Waals surface area contributed by atoms with Gasteiger partial charge in [0.25, 0.3) is 0 Å². The molecule has 1 N–H and O–H groups in total. The predicted molar refractivity (Wildman–Crippen MR) is 62.0 cm³/mol. The molecule has 1 rings (SSSR count). The highest BCUT2D eigenvalue weighted by Crippen LogP contribution is 2.03. The van der Waals surface area contributed by atoms with E-state index in [1.54, 1.807) is 11.9 Å². The minimum absolute atomic E-state index is 0.0160. The zero-order valence-corrected chi connectivity index (χ0v) is 10.3. The molecule has 1 aliphatic rings. The van der Waals surface area contributed by atoms with E-state index in [1.807, 2.05) is 6.92 Å². The molecule has 92 valence electrons.